The van der Waals surface area contributed by atoms with Crippen molar-refractivity contribution in [3.8, 4) is 22.1 Å². The van der Waals surface area contributed by atoms with E-state index in [4.69, 9.17) is 14.2 Å². The number of benzene rings is 1. The lowest BCUT2D eigenvalue weighted by molar-refractivity contribution is -0.151. The quantitative estimate of drug-likeness (QED) is 0.304. The maximum atomic E-state index is 12.7. The molecule has 1 saturated carbocycles. The van der Waals surface area contributed by atoms with E-state index in [0.29, 0.717) is 71.8 Å². The van der Waals surface area contributed by atoms with E-state index in [9.17, 15) is 14.7 Å². The van der Waals surface area contributed by atoms with Crippen LogP contribution in [-0.2, 0) is 19.9 Å². The second-order valence-corrected chi connectivity index (χ2v) is 12.1. The molecule has 3 aromatic rings. The average Bonchev–Trinajstić information content (AvgIpc) is 3.41. The first-order valence-electron chi connectivity index (χ1n) is 13.8. The molecule has 0 unspecified atom stereocenters. The lowest BCUT2D eigenvalue weighted by Crippen LogP contribution is -2.45. The lowest BCUT2D eigenvalue weighted by Gasteiger charge is -2.33. The van der Waals surface area contributed by atoms with E-state index in [1.807, 2.05) is 19.9 Å². The molecule has 2 aromatic heterocycles. The zero-order valence-corrected chi connectivity index (χ0v) is 24.6. The van der Waals surface area contributed by atoms with Crippen molar-refractivity contribution in [2.45, 2.75) is 77.6 Å². The molecule has 3 N–H and O–H groups in total. The summed E-state index contributed by atoms with van der Waals surface area (Å²) in [7, 11) is 0. The number of aliphatic hydroxyl groups is 1. The second-order valence-electron chi connectivity index (χ2n) is 11.1. The fourth-order valence-electron chi connectivity index (χ4n) is 4.92. The molecule has 12 heteroatoms. The van der Waals surface area contributed by atoms with Crippen molar-refractivity contribution in [2.24, 2.45) is 5.92 Å². The molecule has 0 radical (unpaired) electrons. The number of aromatic nitrogens is 3. The van der Waals surface area contributed by atoms with Crippen LogP contribution in [0.1, 0.15) is 65.3 Å². The standard InChI is InChI=1S/C29H35N5O6S/c1-6-38-24(35)17-7-10-29(37,11-8-17)26-31-15-21(41-26)19-13-18(14-20-23(19)40-28(4,5)25(36)33-20)32-27-30-12-9-22(34-27)39-16(2)3/h9,12-17,37H,6-8,10-11H2,1-5H3,(H,33,36)(H,30,32,34)/t17-,29+. The minimum Gasteiger partial charge on any atom is -0.475 e. The Labute approximate surface area is 242 Å². The van der Waals surface area contributed by atoms with Crippen molar-refractivity contribution in [3.05, 3.63) is 35.6 Å². The summed E-state index contributed by atoms with van der Waals surface area (Å²) in [6.07, 6.45) is 5.15. The Bertz CT molecular complexity index is 1450. The molecule has 0 bridgehead atoms. The van der Waals surface area contributed by atoms with Gasteiger partial charge in [0, 0.05) is 29.7 Å². The Morgan fingerprint density at radius 3 is 2.73 bits per heavy atom. The third kappa shape index (κ3) is 6.13. The zero-order valence-electron chi connectivity index (χ0n) is 23.8. The Kier molecular flexibility index (Phi) is 7.89. The number of carbonyl (C=O) groups is 2. The van der Waals surface area contributed by atoms with Gasteiger partial charge in [0.25, 0.3) is 5.91 Å². The van der Waals surface area contributed by atoms with Gasteiger partial charge >= 0.3 is 5.97 Å². The molecular weight excluding hydrogens is 546 g/mol. The van der Waals surface area contributed by atoms with E-state index in [0.717, 1.165) is 4.88 Å². The van der Waals surface area contributed by atoms with Gasteiger partial charge in [0.05, 0.1) is 29.2 Å². The molecule has 2 aliphatic rings. The summed E-state index contributed by atoms with van der Waals surface area (Å²) in [4.78, 5) is 39.0. The van der Waals surface area contributed by atoms with Gasteiger partial charge in [-0.05, 0) is 72.4 Å². The number of carbonyl (C=O) groups excluding carboxylic acids is 2. The lowest BCUT2D eigenvalue weighted by atomic mass is 9.79. The van der Waals surface area contributed by atoms with Crippen molar-refractivity contribution in [3.63, 3.8) is 0 Å². The zero-order chi connectivity index (χ0) is 29.4. The molecule has 0 spiro atoms. The SMILES string of the molecule is CCOC(=O)[C@H]1CC[C@](O)(c2ncc(-c3cc(Nc4nccc(OC(C)C)n4)cc4c3OC(C)(C)C(=O)N4)s2)CC1. The predicted octanol–water partition coefficient (Wildman–Crippen LogP) is 5.18. The van der Waals surface area contributed by atoms with E-state index in [1.165, 1.54) is 11.3 Å². The number of hydrogen-bond acceptors (Lipinski definition) is 11. The molecule has 1 fully saturated rings. The number of nitrogens with one attached hydrogen (secondary N) is 2. The van der Waals surface area contributed by atoms with Gasteiger partial charge in [0.2, 0.25) is 11.8 Å². The van der Waals surface area contributed by atoms with Crippen LogP contribution < -0.4 is 20.1 Å². The minimum atomic E-state index is -1.14. The van der Waals surface area contributed by atoms with Gasteiger partial charge in [-0.15, -0.1) is 11.3 Å². The molecule has 1 aliphatic heterocycles. The van der Waals surface area contributed by atoms with Crippen molar-refractivity contribution in [1.82, 2.24) is 15.0 Å². The molecular formula is C29H35N5O6S. The second kappa shape index (κ2) is 11.2. The Hall–Kier alpha value is -3.77. The number of esters is 1. The van der Waals surface area contributed by atoms with Crippen molar-refractivity contribution < 1.29 is 28.9 Å². The molecule has 0 atom stereocenters. The Morgan fingerprint density at radius 1 is 1.27 bits per heavy atom. The van der Waals surface area contributed by atoms with Gasteiger partial charge < -0.3 is 30.0 Å². The topological polar surface area (TPSA) is 145 Å². The highest BCUT2D eigenvalue weighted by atomic mass is 32.1. The summed E-state index contributed by atoms with van der Waals surface area (Å²) >= 11 is 1.36. The van der Waals surface area contributed by atoms with Gasteiger partial charge in [0.15, 0.2) is 11.4 Å². The summed E-state index contributed by atoms with van der Waals surface area (Å²) in [5.41, 5.74) is -0.416. The number of ether oxygens (including phenoxy) is 3. The van der Waals surface area contributed by atoms with Gasteiger partial charge in [-0.25, -0.2) is 9.97 Å². The van der Waals surface area contributed by atoms with E-state index in [1.54, 1.807) is 45.3 Å². The monoisotopic (exact) mass is 581 g/mol. The van der Waals surface area contributed by atoms with Crippen LogP contribution in [0.2, 0.25) is 0 Å². The normalized spacial score (nSPS) is 21.4. The van der Waals surface area contributed by atoms with Gasteiger partial charge in [-0.2, -0.15) is 4.98 Å². The number of amides is 1. The van der Waals surface area contributed by atoms with E-state index in [-0.39, 0.29) is 23.9 Å². The fraction of sp³-hybridized carbons (Fsp3) is 0.483. The predicted molar refractivity (Wildman–Crippen MR) is 154 cm³/mol. The van der Waals surface area contributed by atoms with E-state index >= 15 is 0 Å². The van der Waals surface area contributed by atoms with E-state index < -0.39 is 11.2 Å². The smallest absolute Gasteiger partial charge is 0.308 e. The third-order valence-corrected chi connectivity index (χ3v) is 8.31. The van der Waals surface area contributed by atoms with Crippen LogP contribution in [0.25, 0.3) is 10.4 Å². The van der Waals surface area contributed by atoms with Crippen LogP contribution in [0.3, 0.4) is 0 Å². The maximum absolute atomic E-state index is 12.7. The summed E-state index contributed by atoms with van der Waals surface area (Å²) in [6, 6.07) is 5.32. The largest absolute Gasteiger partial charge is 0.475 e. The summed E-state index contributed by atoms with van der Waals surface area (Å²) in [6.45, 7) is 9.38. The first-order valence-corrected chi connectivity index (χ1v) is 14.6. The number of anilines is 3. The summed E-state index contributed by atoms with van der Waals surface area (Å²) < 4.78 is 17.1. The molecule has 1 amide bonds. The van der Waals surface area contributed by atoms with Crippen LogP contribution in [0.4, 0.5) is 17.3 Å². The van der Waals surface area contributed by atoms with Gasteiger partial charge in [-0.1, -0.05) is 0 Å². The number of thiazole rings is 1. The highest BCUT2D eigenvalue weighted by Gasteiger charge is 2.41. The van der Waals surface area contributed by atoms with Crippen molar-refractivity contribution in [1.29, 1.82) is 0 Å². The number of hydrogen-bond donors (Lipinski definition) is 3. The van der Waals surface area contributed by atoms with Crippen molar-refractivity contribution >= 4 is 40.5 Å². The Morgan fingerprint density at radius 2 is 2.02 bits per heavy atom. The van der Waals surface area contributed by atoms with Crippen LogP contribution >= 0.6 is 11.3 Å². The number of fused-ring (bicyclic) bond motifs is 1. The fourth-order valence-corrected chi connectivity index (χ4v) is 5.99. The first kappa shape index (κ1) is 28.7. The molecule has 0 saturated heterocycles. The van der Waals surface area contributed by atoms with Crippen molar-refractivity contribution in [2.75, 3.05) is 17.2 Å². The molecule has 11 nitrogen and oxygen atoms in total. The van der Waals surface area contributed by atoms with Gasteiger partial charge in [-0.3, -0.25) is 9.59 Å². The van der Waals surface area contributed by atoms with Crippen LogP contribution in [0.5, 0.6) is 11.6 Å². The summed E-state index contributed by atoms with van der Waals surface area (Å²) in [5.74, 6) is 0.579. The number of nitrogens with zero attached hydrogens (tertiary/aromatic N) is 3. The molecule has 218 valence electrons. The average molecular weight is 582 g/mol. The first-order chi connectivity index (χ1) is 19.5. The molecule has 3 heterocycles. The van der Waals surface area contributed by atoms with Crippen LogP contribution in [0, 0.1) is 5.92 Å². The highest BCUT2D eigenvalue weighted by Crippen LogP contribution is 2.48. The van der Waals surface area contributed by atoms with Gasteiger partial charge in [0.1, 0.15) is 10.6 Å². The summed E-state index contributed by atoms with van der Waals surface area (Å²) in [5, 5.41) is 18.2. The third-order valence-electron chi connectivity index (χ3n) is 7.09. The maximum Gasteiger partial charge on any atom is 0.308 e. The number of rotatable bonds is 8. The Balaban J connectivity index is 1.46. The molecule has 1 aliphatic carbocycles. The van der Waals surface area contributed by atoms with E-state index in [2.05, 4.69) is 25.6 Å². The highest BCUT2D eigenvalue weighted by molar-refractivity contribution is 7.15. The van der Waals surface area contributed by atoms with Crippen LogP contribution in [-0.4, -0.2) is 50.2 Å². The van der Waals surface area contributed by atoms with Crippen LogP contribution in [0.15, 0.2) is 30.6 Å². The minimum absolute atomic E-state index is 0.0423. The molecule has 5 rings (SSSR count). The molecule has 1 aromatic carbocycles. The molecule has 41 heavy (non-hydrogen) atoms.